The Balaban J connectivity index is 4.88. The Morgan fingerprint density at radius 2 is 1.21 bits per heavy atom. The van der Waals surface area contributed by atoms with E-state index in [1.807, 2.05) is 34.6 Å². The van der Waals surface area contributed by atoms with Crippen LogP contribution in [0.5, 0.6) is 0 Å². The van der Waals surface area contributed by atoms with Gasteiger partial charge >= 0.3 is 0 Å². The molecule has 250 valence electrons. The molecule has 43 heavy (non-hydrogen) atoms. The Bertz CT molecular complexity index is 886. The molecule has 0 unspecified atom stereocenters. The molecule has 7 heteroatoms. The van der Waals surface area contributed by atoms with Crippen molar-refractivity contribution in [2.75, 3.05) is 6.54 Å². The molecule has 0 aromatic rings. The molecule has 7 nitrogen and oxygen atoms in total. The highest BCUT2D eigenvalue weighted by Gasteiger charge is 2.33. The molecule has 0 aliphatic carbocycles. The highest BCUT2D eigenvalue weighted by Crippen LogP contribution is 2.34. The van der Waals surface area contributed by atoms with Crippen LogP contribution in [0.4, 0.5) is 0 Å². The molecule has 0 rings (SSSR count). The minimum atomic E-state index is -0.660. The quantitative estimate of drug-likeness (QED) is 0.139. The highest BCUT2D eigenvalue weighted by atomic mass is 16.2. The van der Waals surface area contributed by atoms with Crippen LogP contribution in [0.2, 0.25) is 0 Å². The predicted molar refractivity (Wildman–Crippen MR) is 177 cm³/mol. The standard InChI is InChI=1S/C36H66N2O5/c1-25(2)29(33(43)38-30(32(42)36(10,11)12)19-17-21-37-26(3)39)22-28(40)18-15-13-14-16-20-31(41)27(23-34(4,5)6)24-35(7,8)9/h25,27,29-30H,13-24H2,1-12H3,(H,37,39)(H,38,43)/t29-,30-/m0/s1. The first-order chi connectivity index (χ1) is 19.5. The summed E-state index contributed by atoms with van der Waals surface area (Å²) >= 11 is 0. The number of Topliss-reactive ketones (excluding diaryl/α,β-unsaturated/α-hetero) is 3. The lowest BCUT2D eigenvalue weighted by atomic mass is 9.74. The largest absolute Gasteiger partial charge is 0.356 e. The fourth-order valence-electron chi connectivity index (χ4n) is 5.58. The van der Waals surface area contributed by atoms with Gasteiger partial charge < -0.3 is 10.6 Å². The monoisotopic (exact) mass is 606 g/mol. The summed E-state index contributed by atoms with van der Waals surface area (Å²) in [4.78, 5) is 63.5. The molecular formula is C36H66N2O5. The lowest BCUT2D eigenvalue weighted by Gasteiger charge is -2.30. The average molecular weight is 607 g/mol. The second kappa shape index (κ2) is 18.7. The summed E-state index contributed by atoms with van der Waals surface area (Å²) in [5.74, 6) is -0.475. The second-order valence-electron chi connectivity index (χ2n) is 16.5. The zero-order valence-electron chi connectivity index (χ0n) is 29.8. The summed E-state index contributed by atoms with van der Waals surface area (Å²) in [5, 5.41) is 5.68. The van der Waals surface area contributed by atoms with Crippen LogP contribution in [-0.2, 0) is 24.0 Å². The van der Waals surface area contributed by atoms with E-state index in [-0.39, 0.29) is 52.5 Å². The van der Waals surface area contributed by atoms with Crippen LogP contribution < -0.4 is 10.6 Å². The van der Waals surface area contributed by atoms with Crippen molar-refractivity contribution in [1.82, 2.24) is 10.6 Å². The number of hydrogen-bond acceptors (Lipinski definition) is 5. The molecule has 0 aliphatic heterocycles. The van der Waals surface area contributed by atoms with Gasteiger partial charge in [0.1, 0.15) is 11.6 Å². The Kier molecular flexibility index (Phi) is 17.8. The van der Waals surface area contributed by atoms with Gasteiger partial charge in [-0.3, -0.25) is 24.0 Å². The van der Waals surface area contributed by atoms with Gasteiger partial charge in [0.2, 0.25) is 11.8 Å². The molecule has 0 radical (unpaired) electrons. The maximum Gasteiger partial charge on any atom is 0.224 e. The number of carbonyl (C=O) groups excluding carboxylic acids is 5. The maximum absolute atomic E-state index is 13.3. The van der Waals surface area contributed by atoms with Gasteiger partial charge in [0, 0.05) is 50.0 Å². The third-order valence-corrected chi connectivity index (χ3v) is 7.81. The van der Waals surface area contributed by atoms with Crippen molar-refractivity contribution in [1.29, 1.82) is 0 Å². The number of rotatable bonds is 20. The molecule has 0 fully saturated rings. The van der Waals surface area contributed by atoms with Gasteiger partial charge in [-0.2, -0.15) is 0 Å². The van der Waals surface area contributed by atoms with Gasteiger partial charge in [0.05, 0.1) is 6.04 Å². The molecule has 2 N–H and O–H groups in total. The minimum Gasteiger partial charge on any atom is -0.356 e. The SMILES string of the molecule is CC(=O)NCCC[C@H](NC(=O)[C@@H](CC(=O)CCCCCCC(=O)C(CC(C)(C)C)CC(C)(C)C)C(C)C)C(=O)C(C)(C)C. The fraction of sp³-hybridized carbons (Fsp3) is 0.861. The minimum absolute atomic E-state index is 0.0473. The number of ketones is 3. The lowest BCUT2D eigenvalue weighted by molar-refractivity contribution is -0.136. The van der Waals surface area contributed by atoms with Gasteiger partial charge in [0.15, 0.2) is 5.78 Å². The molecule has 0 aromatic carbocycles. The van der Waals surface area contributed by atoms with Crippen molar-refractivity contribution in [3.05, 3.63) is 0 Å². The van der Waals surface area contributed by atoms with E-state index in [0.717, 1.165) is 38.5 Å². The topological polar surface area (TPSA) is 109 Å². The second-order valence-corrected chi connectivity index (χ2v) is 16.5. The van der Waals surface area contributed by atoms with Gasteiger partial charge in [0.25, 0.3) is 0 Å². The van der Waals surface area contributed by atoms with E-state index < -0.39 is 17.4 Å². The lowest BCUT2D eigenvalue weighted by Crippen LogP contribution is -2.48. The molecular weight excluding hydrogens is 540 g/mol. The zero-order chi connectivity index (χ0) is 33.6. The van der Waals surface area contributed by atoms with E-state index in [0.29, 0.717) is 38.0 Å². The van der Waals surface area contributed by atoms with E-state index >= 15 is 0 Å². The molecule has 2 amide bonds. The van der Waals surface area contributed by atoms with Crippen molar-refractivity contribution in [3.8, 4) is 0 Å². The summed E-state index contributed by atoms with van der Waals surface area (Å²) in [7, 11) is 0. The van der Waals surface area contributed by atoms with E-state index in [1.54, 1.807) is 0 Å². The summed E-state index contributed by atoms with van der Waals surface area (Å²) in [5.41, 5.74) is -0.388. The van der Waals surface area contributed by atoms with Crippen LogP contribution in [0.15, 0.2) is 0 Å². The Morgan fingerprint density at radius 1 is 0.698 bits per heavy atom. The number of unbranched alkanes of at least 4 members (excludes halogenated alkanes) is 3. The first kappa shape index (κ1) is 41.0. The molecule has 0 heterocycles. The summed E-state index contributed by atoms with van der Waals surface area (Å²) in [6.07, 6.45) is 7.38. The van der Waals surface area contributed by atoms with Crippen molar-refractivity contribution in [2.45, 2.75) is 160 Å². The predicted octanol–water partition coefficient (Wildman–Crippen LogP) is 7.63. The molecule has 0 aromatic heterocycles. The van der Waals surface area contributed by atoms with Gasteiger partial charge in [-0.1, -0.05) is 89.0 Å². The van der Waals surface area contributed by atoms with Crippen molar-refractivity contribution >= 4 is 29.2 Å². The third-order valence-electron chi connectivity index (χ3n) is 7.81. The first-order valence-corrected chi connectivity index (χ1v) is 16.7. The normalized spacial score (nSPS) is 14.0. The number of amides is 2. The van der Waals surface area contributed by atoms with Crippen molar-refractivity contribution < 1.29 is 24.0 Å². The average Bonchev–Trinajstić information content (AvgIpc) is 2.82. The number of hydrogen-bond donors (Lipinski definition) is 2. The maximum atomic E-state index is 13.3. The number of carbonyl (C=O) groups is 5. The molecule has 2 atom stereocenters. The van der Waals surface area contributed by atoms with Crippen LogP contribution in [0.25, 0.3) is 0 Å². The van der Waals surface area contributed by atoms with E-state index in [4.69, 9.17) is 0 Å². The molecule has 0 bridgehead atoms. The zero-order valence-corrected chi connectivity index (χ0v) is 29.8. The Labute approximate surface area is 263 Å². The number of nitrogens with one attached hydrogen (secondary N) is 2. The van der Waals surface area contributed by atoms with Gasteiger partial charge in [-0.25, -0.2) is 0 Å². The van der Waals surface area contributed by atoms with Crippen molar-refractivity contribution in [2.24, 2.45) is 34.0 Å². The molecule has 0 spiro atoms. The van der Waals surface area contributed by atoms with Crippen LogP contribution in [0.1, 0.15) is 154 Å². The van der Waals surface area contributed by atoms with Crippen molar-refractivity contribution in [3.63, 3.8) is 0 Å². The highest BCUT2D eigenvalue weighted by molar-refractivity contribution is 5.94. The molecule has 0 aliphatic rings. The van der Waals surface area contributed by atoms with E-state index in [1.165, 1.54) is 6.92 Å². The Hall–Kier alpha value is -2.05. The Morgan fingerprint density at radius 3 is 1.65 bits per heavy atom. The summed E-state index contributed by atoms with van der Waals surface area (Å²) in [6.45, 7) is 24.4. The summed E-state index contributed by atoms with van der Waals surface area (Å²) < 4.78 is 0. The van der Waals surface area contributed by atoms with Crippen LogP contribution >= 0.6 is 0 Å². The van der Waals surface area contributed by atoms with Gasteiger partial charge in [-0.15, -0.1) is 0 Å². The smallest absolute Gasteiger partial charge is 0.224 e. The van der Waals surface area contributed by atoms with Gasteiger partial charge in [-0.05, 0) is 55.3 Å². The van der Waals surface area contributed by atoms with Crippen LogP contribution in [-0.4, -0.2) is 41.8 Å². The van der Waals surface area contributed by atoms with Crippen LogP contribution in [0.3, 0.4) is 0 Å². The van der Waals surface area contributed by atoms with Crippen LogP contribution in [0, 0.1) is 34.0 Å². The summed E-state index contributed by atoms with van der Waals surface area (Å²) in [6, 6.07) is -0.660. The first-order valence-electron chi connectivity index (χ1n) is 16.7. The fourth-order valence-corrected chi connectivity index (χ4v) is 5.58. The molecule has 0 saturated carbocycles. The third kappa shape index (κ3) is 19.8. The van der Waals surface area contributed by atoms with E-state index in [9.17, 15) is 24.0 Å². The van der Waals surface area contributed by atoms with E-state index in [2.05, 4.69) is 52.2 Å². The molecule has 0 saturated heterocycles.